The second kappa shape index (κ2) is 4.32. The summed E-state index contributed by atoms with van der Waals surface area (Å²) in [6.07, 6.45) is 0.705. The first kappa shape index (κ1) is 10.8. The van der Waals surface area contributed by atoms with Gasteiger partial charge in [0.2, 0.25) is 0 Å². The van der Waals surface area contributed by atoms with Crippen molar-refractivity contribution >= 4 is 0 Å². The van der Waals surface area contributed by atoms with E-state index in [2.05, 4.69) is 4.98 Å². The van der Waals surface area contributed by atoms with Crippen LogP contribution in [0.3, 0.4) is 0 Å². The molecular weight excluding hydrogens is 182 g/mol. The molecule has 0 aliphatic rings. The van der Waals surface area contributed by atoms with Crippen molar-refractivity contribution in [1.29, 1.82) is 0 Å². The summed E-state index contributed by atoms with van der Waals surface area (Å²) >= 11 is 0. The highest BCUT2D eigenvalue weighted by molar-refractivity contribution is 5.29. The van der Waals surface area contributed by atoms with Crippen molar-refractivity contribution in [3.63, 3.8) is 0 Å². The van der Waals surface area contributed by atoms with Gasteiger partial charge in [0.15, 0.2) is 0 Å². The van der Waals surface area contributed by atoms with Gasteiger partial charge in [-0.1, -0.05) is 0 Å². The molecule has 1 unspecified atom stereocenters. The first-order valence-corrected chi connectivity index (χ1v) is 4.49. The van der Waals surface area contributed by atoms with Crippen molar-refractivity contribution < 1.29 is 9.47 Å². The minimum absolute atomic E-state index is 0.0745. The Morgan fingerprint density at radius 2 is 2.07 bits per heavy atom. The van der Waals surface area contributed by atoms with Gasteiger partial charge in [0, 0.05) is 19.5 Å². The maximum atomic E-state index is 5.70. The van der Waals surface area contributed by atoms with E-state index in [1.165, 1.54) is 0 Å². The van der Waals surface area contributed by atoms with Crippen LogP contribution in [0.1, 0.15) is 12.7 Å². The molecule has 0 radical (unpaired) electrons. The zero-order valence-corrected chi connectivity index (χ0v) is 9.07. The van der Waals surface area contributed by atoms with E-state index in [-0.39, 0.29) is 6.04 Å². The lowest BCUT2D eigenvalue weighted by Gasteiger charge is -2.06. The molecule has 1 heterocycles. The third kappa shape index (κ3) is 1.98. The molecule has 1 atom stereocenters. The number of nitrogens with zero attached hydrogens (tertiary/aromatic N) is 2. The monoisotopic (exact) mass is 199 g/mol. The van der Waals surface area contributed by atoms with E-state index in [1.54, 1.807) is 14.2 Å². The molecule has 1 rings (SSSR count). The fourth-order valence-electron chi connectivity index (χ4n) is 1.33. The maximum absolute atomic E-state index is 5.70. The molecule has 0 aromatic carbocycles. The Kier molecular flexibility index (Phi) is 3.35. The van der Waals surface area contributed by atoms with Crippen LogP contribution in [-0.2, 0) is 13.5 Å². The van der Waals surface area contributed by atoms with Crippen LogP contribution in [0.5, 0.6) is 11.8 Å². The van der Waals surface area contributed by atoms with E-state index in [1.807, 2.05) is 18.5 Å². The van der Waals surface area contributed by atoms with Crippen LogP contribution in [0.15, 0.2) is 0 Å². The zero-order valence-electron chi connectivity index (χ0n) is 9.07. The molecule has 0 aliphatic heterocycles. The Hall–Kier alpha value is -1.23. The average Bonchev–Trinajstić information content (AvgIpc) is 2.42. The Labute approximate surface area is 83.8 Å². The lowest BCUT2D eigenvalue weighted by atomic mass is 10.2. The Balaban J connectivity index is 3.01. The first-order chi connectivity index (χ1) is 6.60. The largest absolute Gasteiger partial charge is 0.478 e. The standard InChI is InChI=1S/C9H17N3O2/c1-6(10)5-7-11-8(13-3)9(14-4)12(7)2/h6H,5,10H2,1-4H3. The number of nitrogens with two attached hydrogens (primary N) is 1. The number of imidazole rings is 1. The molecule has 0 amide bonds. The molecule has 14 heavy (non-hydrogen) atoms. The van der Waals surface area contributed by atoms with Gasteiger partial charge in [0.1, 0.15) is 5.82 Å². The van der Waals surface area contributed by atoms with E-state index in [4.69, 9.17) is 15.2 Å². The Morgan fingerprint density at radius 1 is 1.43 bits per heavy atom. The third-order valence-electron chi connectivity index (χ3n) is 2.00. The van der Waals surface area contributed by atoms with E-state index < -0.39 is 0 Å². The molecule has 0 spiro atoms. The molecule has 5 heteroatoms. The third-order valence-corrected chi connectivity index (χ3v) is 2.00. The summed E-state index contributed by atoms with van der Waals surface area (Å²) in [6, 6.07) is 0.0745. The number of ether oxygens (including phenoxy) is 2. The van der Waals surface area contributed by atoms with E-state index in [9.17, 15) is 0 Å². The van der Waals surface area contributed by atoms with E-state index in [0.29, 0.717) is 18.2 Å². The highest BCUT2D eigenvalue weighted by atomic mass is 16.5. The highest BCUT2D eigenvalue weighted by Gasteiger charge is 2.16. The molecule has 1 aromatic heterocycles. The normalized spacial score (nSPS) is 12.6. The van der Waals surface area contributed by atoms with Gasteiger partial charge in [-0.15, -0.1) is 0 Å². The summed E-state index contributed by atoms with van der Waals surface area (Å²) < 4.78 is 12.1. The van der Waals surface area contributed by atoms with Gasteiger partial charge in [-0.05, 0) is 6.92 Å². The molecular formula is C9H17N3O2. The molecule has 0 fully saturated rings. The molecule has 0 bridgehead atoms. The number of hydrogen-bond donors (Lipinski definition) is 1. The van der Waals surface area contributed by atoms with Crippen LogP contribution >= 0.6 is 0 Å². The predicted octanol–water partition coefficient (Wildman–Crippen LogP) is 0.327. The van der Waals surface area contributed by atoms with Crippen LogP contribution in [0.4, 0.5) is 0 Å². The number of rotatable bonds is 4. The number of hydrogen-bond acceptors (Lipinski definition) is 4. The first-order valence-electron chi connectivity index (χ1n) is 4.49. The van der Waals surface area contributed by atoms with Crippen molar-refractivity contribution in [2.24, 2.45) is 12.8 Å². The Morgan fingerprint density at radius 3 is 2.43 bits per heavy atom. The molecule has 80 valence electrons. The van der Waals surface area contributed by atoms with Crippen LogP contribution in [0.25, 0.3) is 0 Å². The highest BCUT2D eigenvalue weighted by Crippen LogP contribution is 2.26. The molecule has 0 saturated heterocycles. The summed E-state index contributed by atoms with van der Waals surface area (Å²) in [5.74, 6) is 2.00. The zero-order chi connectivity index (χ0) is 10.7. The Bertz CT molecular complexity index is 307. The number of methoxy groups -OCH3 is 2. The summed E-state index contributed by atoms with van der Waals surface area (Å²) in [7, 11) is 5.04. The molecule has 0 aliphatic carbocycles. The summed E-state index contributed by atoms with van der Waals surface area (Å²) in [6.45, 7) is 1.94. The second-order valence-corrected chi connectivity index (χ2v) is 3.29. The van der Waals surface area contributed by atoms with Crippen molar-refractivity contribution in [1.82, 2.24) is 9.55 Å². The second-order valence-electron chi connectivity index (χ2n) is 3.29. The fraction of sp³-hybridized carbons (Fsp3) is 0.667. The fourth-order valence-corrected chi connectivity index (χ4v) is 1.33. The van der Waals surface area contributed by atoms with Gasteiger partial charge in [0.25, 0.3) is 11.8 Å². The average molecular weight is 199 g/mol. The van der Waals surface area contributed by atoms with Crippen molar-refractivity contribution in [2.45, 2.75) is 19.4 Å². The smallest absolute Gasteiger partial charge is 0.277 e. The van der Waals surface area contributed by atoms with Crippen molar-refractivity contribution in [3.8, 4) is 11.8 Å². The molecule has 0 saturated carbocycles. The minimum atomic E-state index is 0.0745. The molecule has 1 aromatic rings. The number of aromatic nitrogens is 2. The van der Waals surface area contributed by atoms with E-state index in [0.717, 1.165) is 5.82 Å². The topological polar surface area (TPSA) is 62.3 Å². The maximum Gasteiger partial charge on any atom is 0.277 e. The SMILES string of the molecule is COc1nc(CC(C)N)n(C)c1OC. The van der Waals surface area contributed by atoms with Crippen LogP contribution in [0, 0.1) is 0 Å². The summed E-state index contributed by atoms with van der Waals surface area (Å²) in [4.78, 5) is 4.27. The minimum Gasteiger partial charge on any atom is -0.478 e. The predicted molar refractivity (Wildman–Crippen MR) is 53.7 cm³/mol. The lowest BCUT2D eigenvalue weighted by molar-refractivity contribution is 0.331. The van der Waals surface area contributed by atoms with E-state index >= 15 is 0 Å². The lowest BCUT2D eigenvalue weighted by Crippen LogP contribution is -2.20. The molecule has 2 N–H and O–H groups in total. The van der Waals surface area contributed by atoms with Crippen LogP contribution in [-0.4, -0.2) is 29.8 Å². The van der Waals surface area contributed by atoms with Gasteiger partial charge in [-0.25, -0.2) is 0 Å². The van der Waals surface area contributed by atoms with Crippen molar-refractivity contribution in [2.75, 3.05) is 14.2 Å². The van der Waals surface area contributed by atoms with Crippen LogP contribution in [0.2, 0.25) is 0 Å². The van der Waals surface area contributed by atoms with Gasteiger partial charge < -0.3 is 15.2 Å². The molecule has 5 nitrogen and oxygen atoms in total. The quantitative estimate of drug-likeness (QED) is 0.759. The summed E-state index contributed by atoms with van der Waals surface area (Å²) in [5.41, 5.74) is 5.70. The van der Waals surface area contributed by atoms with Crippen LogP contribution < -0.4 is 15.2 Å². The van der Waals surface area contributed by atoms with Gasteiger partial charge >= 0.3 is 0 Å². The van der Waals surface area contributed by atoms with Gasteiger partial charge in [-0.3, -0.25) is 4.57 Å². The summed E-state index contributed by atoms with van der Waals surface area (Å²) in [5, 5.41) is 0. The van der Waals surface area contributed by atoms with Gasteiger partial charge in [0.05, 0.1) is 14.2 Å². The van der Waals surface area contributed by atoms with Gasteiger partial charge in [-0.2, -0.15) is 4.98 Å². The van der Waals surface area contributed by atoms with Crippen molar-refractivity contribution in [3.05, 3.63) is 5.82 Å².